The smallest absolute Gasteiger partial charge is 0.217 e. The van der Waals surface area contributed by atoms with Crippen LogP contribution in [0.4, 0.5) is 0 Å². The van der Waals surface area contributed by atoms with Crippen LogP contribution in [0.2, 0.25) is 0 Å². The third-order valence-electron chi connectivity index (χ3n) is 4.64. The van der Waals surface area contributed by atoms with Crippen LogP contribution in [-0.4, -0.2) is 9.97 Å². The number of aryl methyl sites for hydroxylation is 2. The van der Waals surface area contributed by atoms with Gasteiger partial charge in [0.1, 0.15) is 12.1 Å². The van der Waals surface area contributed by atoms with E-state index >= 15 is 0 Å². The van der Waals surface area contributed by atoms with Crippen LogP contribution in [-0.2, 0) is 19.4 Å². The van der Waals surface area contributed by atoms with Crippen LogP contribution >= 0.6 is 0 Å². The van der Waals surface area contributed by atoms with Gasteiger partial charge in [-0.3, -0.25) is 0 Å². The van der Waals surface area contributed by atoms with Crippen LogP contribution in [0, 0.1) is 6.92 Å². The molecule has 136 valence electrons. The first-order valence-corrected chi connectivity index (χ1v) is 9.23. The highest BCUT2D eigenvalue weighted by molar-refractivity contribution is 5.72. The molecule has 0 fully saturated rings. The van der Waals surface area contributed by atoms with Gasteiger partial charge < -0.3 is 9.15 Å². The molecule has 0 unspecified atom stereocenters. The van der Waals surface area contributed by atoms with Gasteiger partial charge in [-0.05, 0) is 42.7 Å². The Morgan fingerprint density at radius 3 is 2.48 bits per heavy atom. The Morgan fingerprint density at radius 2 is 1.70 bits per heavy atom. The van der Waals surface area contributed by atoms with Gasteiger partial charge in [0.15, 0.2) is 11.5 Å². The number of fused-ring (bicyclic) bond motifs is 1. The summed E-state index contributed by atoms with van der Waals surface area (Å²) in [5.41, 5.74) is 6.00. The van der Waals surface area contributed by atoms with Gasteiger partial charge in [0.25, 0.3) is 0 Å². The zero-order valence-corrected chi connectivity index (χ0v) is 15.6. The molecule has 0 saturated heterocycles. The molecule has 0 radical (unpaired) electrons. The van der Waals surface area contributed by atoms with Gasteiger partial charge in [-0.2, -0.15) is 0 Å². The number of hydrogen-bond donors (Lipinski definition) is 0. The van der Waals surface area contributed by atoms with E-state index in [9.17, 15) is 0 Å². The quantitative estimate of drug-likeness (QED) is 0.471. The first-order valence-electron chi connectivity index (χ1n) is 9.23. The third kappa shape index (κ3) is 3.85. The van der Waals surface area contributed by atoms with Crippen LogP contribution in [0.1, 0.15) is 35.2 Å². The van der Waals surface area contributed by atoms with E-state index in [-0.39, 0.29) is 0 Å². The van der Waals surface area contributed by atoms with E-state index < -0.39 is 0 Å². The second-order valence-corrected chi connectivity index (χ2v) is 6.58. The standard InChI is InChI=1S/C23H22N2O2/c1-3-18-13-19(14-22-25-20-11-7-8-12-21(20)27-22)23(24-16(18)2)26-15-17-9-5-4-6-10-17/h4-13H,3,14-15H2,1-2H3. The molecule has 0 aliphatic carbocycles. The highest BCUT2D eigenvalue weighted by atomic mass is 16.5. The molecular weight excluding hydrogens is 336 g/mol. The second-order valence-electron chi connectivity index (χ2n) is 6.58. The maximum Gasteiger partial charge on any atom is 0.217 e. The van der Waals surface area contributed by atoms with Crippen LogP contribution in [0.15, 0.2) is 65.1 Å². The maximum absolute atomic E-state index is 6.07. The molecule has 4 rings (SSSR count). The lowest BCUT2D eigenvalue weighted by Gasteiger charge is -2.13. The molecule has 27 heavy (non-hydrogen) atoms. The Bertz CT molecular complexity index is 1020. The molecule has 0 bridgehead atoms. The van der Waals surface area contributed by atoms with Gasteiger partial charge in [-0.15, -0.1) is 0 Å². The van der Waals surface area contributed by atoms with Gasteiger partial charge >= 0.3 is 0 Å². The van der Waals surface area contributed by atoms with Crippen LogP contribution < -0.4 is 4.74 Å². The monoisotopic (exact) mass is 358 g/mol. The molecule has 0 amide bonds. The van der Waals surface area contributed by atoms with E-state index in [0.717, 1.165) is 34.3 Å². The number of rotatable bonds is 6. The molecular formula is C23H22N2O2. The highest BCUT2D eigenvalue weighted by Crippen LogP contribution is 2.25. The van der Waals surface area contributed by atoms with E-state index in [2.05, 4.69) is 18.0 Å². The average Bonchev–Trinajstić information content (AvgIpc) is 3.11. The number of pyridine rings is 1. The summed E-state index contributed by atoms with van der Waals surface area (Å²) in [5, 5.41) is 0. The van der Waals surface area contributed by atoms with Crippen molar-refractivity contribution in [3.63, 3.8) is 0 Å². The lowest BCUT2D eigenvalue weighted by molar-refractivity contribution is 0.289. The highest BCUT2D eigenvalue weighted by Gasteiger charge is 2.14. The second kappa shape index (κ2) is 7.62. The van der Waals surface area contributed by atoms with Crippen molar-refractivity contribution >= 4 is 11.1 Å². The molecule has 2 heterocycles. The summed E-state index contributed by atoms with van der Waals surface area (Å²) in [4.78, 5) is 9.31. The number of nitrogens with zero attached hydrogens (tertiary/aromatic N) is 2. The van der Waals surface area contributed by atoms with Gasteiger partial charge in [0, 0.05) is 11.3 Å². The third-order valence-corrected chi connectivity index (χ3v) is 4.64. The molecule has 0 aliphatic rings. The van der Waals surface area contributed by atoms with Crippen molar-refractivity contribution < 1.29 is 9.15 Å². The molecule has 0 atom stereocenters. The summed E-state index contributed by atoms with van der Waals surface area (Å²) in [7, 11) is 0. The van der Waals surface area contributed by atoms with E-state index in [1.807, 2.05) is 61.5 Å². The summed E-state index contributed by atoms with van der Waals surface area (Å²) in [5.74, 6) is 1.32. The fraction of sp³-hybridized carbons (Fsp3) is 0.217. The molecule has 4 nitrogen and oxygen atoms in total. The molecule has 0 spiro atoms. The molecule has 0 saturated carbocycles. The van der Waals surface area contributed by atoms with Crippen molar-refractivity contribution in [1.29, 1.82) is 0 Å². The fourth-order valence-corrected chi connectivity index (χ4v) is 3.17. The molecule has 2 aromatic heterocycles. The summed E-state index contributed by atoms with van der Waals surface area (Å²) in [6.07, 6.45) is 1.48. The fourth-order valence-electron chi connectivity index (χ4n) is 3.17. The molecule has 0 aliphatic heterocycles. The summed E-state index contributed by atoms with van der Waals surface area (Å²) in [6, 6.07) is 20.1. The van der Waals surface area contributed by atoms with Crippen molar-refractivity contribution in [2.45, 2.75) is 33.3 Å². The van der Waals surface area contributed by atoms with Crippen LogP contribution in [0.25, 0.3) is 11.1 Å². The number of aromatic nitrogens is 2. The average molecular weight is 358 g/mol. The zero-order chi connectivity index (χ0) is 18.6. The number of hydrogen-bond acceptors (Lipinski definition) is 4. The number of para-hydroxylation sites is 2. The lowest BCUT2D eigenvalue weighted by Crippen LogP contribution is -2.05. The molecule has 4 aromatic rings. The minimum Gasteiger partial charge on any atom is -0.473 e. The van der Waals surface area contributed by atoms with Crippen molar-refractivity contribution in [3.05, 3.63) is 88.9 Å². The predicted octanol–water partition coefficient (Wildman–Crippen LogP) is 5.26. The van der Waals surface area contributed by atoms with E-state index in [1.54, 1.807) is 0 Å². The Hall–Kier alpha value is -3.14. The molecule has 2 aromatic carbocycles. The summed E-state index contributed by atoms with van der Waals surface area (Å²) in [6.45, 7) is 4.65. The first-order chi connectivity index (χ1) is 13.2. The normalized spacial score (nSPS) is 11.0. The van der Waals surface area contributed by atoms with Crippen LogP contribution in [0.3, 0.4) is 0 Å². The first kappa shape index (κ1) is 17.3. The maximum atomic E-state index is 6.07. The SMILES string of the molecule is CCc1cc(Cc2nc3ccccc3o2)c(OCc2ccccc2)nc1C. The number of oxazole rings is 1. The minimum absolute atomic E-state index is 0.485. The lowest BCUT2D eigenvalue weighted by atomic mass is 10.1. The van der Waals surface area contributed by atoms with Crippen molar-refractivity contribution in [2.75, 3.05) is 0 Å². The van der Waals surface area contributed by atoms with E-state index in [4.69, 9.17) is 14.1 Å². The Morgan fingerprint density at radius 1 is 0.926 bits per heavy atom. The van der Waals surface area contributed by atoms with E-state index in [0.29, 0.717) is 24.8 Å². The Balaban J connectivity index is 1.64. The minimum atomic E-state index is 0.485. The Kier molecular flexibility index (Phi) is 4.88. The topological polar surface area (TPSA) is 48.2 Å². The predicted molar refractivity (Wildman–Crippen MR) is 106 cm³/mol. The molecule has 0 N–H and O–H groups in total. The largest absolute Gasteiger partial charge is 0.473 e. The Labute approximate surface area is 158 Å². The number of benzene rings is 2. The van der Waals surface area contributed by atoms with E-state index in [1.165, 1.54) is 5.56 Å². The zero-order valence-electron chi connectivity index (χ0n) is 15.6. The van der Waals surface area contributed by atoms with Gasteiger partial charge in [-0.1, -0.05) is 49.4 Å². The van der Waals surface area contributed by atoms with Crippen molar-refractivity contribution in [3.8, 4) is 5.88 Å². The van der Waals surface area contributed by atoms with Gasteiger partial charge in [0.05, 0.1) is 6.42 Å². The van der Waals surface area contributed by atoms with Crippen LogP contribution in [0.5, 0.6) is 5.88 Å². The summed E-state index contributed by atoms with van der Waals surface area (Å²) < 4.78 is 12.0. The number of ether oxygens (including phenoxy) is 1. The van der Waals surface area contributed by atoms with Gasteiger partial charge in [0.2, 0.25) is 5.88 Å². The van der Waals surface area contributed by atoms with Crippen molar-refractivity contribution in [2.24, 2.45) is 0 Å². The summed E-state index contributed by atoms with van der Waals surface area (Å²) >= 11 is 0. The van der Waals surface area contributed by atoms with Crippen molar-refractivity contribution in [1.82, 2.24) is 9.97 Å². The van der Waals surface area contributed by atoms with Gasteiger partial charge in [-0.25, -0.2) is 9.97 Å². The molecule has 4 heteroatoms.